The summed E-state index contributed by atoms with van der Waals surface area (Å²) in [5.41, 5.74) is -0.734. The van der Waals surface area contributed by atoms with Gasteiger partial charge in [-0.1, -0.05) is 0 Å². The van der Waals surface area contributed by atoms with E-state index in [2.05, 4.69) is 4.90 Å². The molecule has 0 N–H and O–H groups in total. The molecule has 0 aliphatic carbocycles. The maximum Gasteiger partial charge on any atom is 0.416 e. The van der Waals surface area contributed by atoms with Crippen LogP contribution in [0.2, 0.25) is 0 Å². The quantitative estimate of drug-likeness (QED) is 0.851. The van der Waals surface area contributed by atoms with Gasteiger partial charge in [0.1, 0.15) is 5.75 Å². The summed E-state index contributed by atoms with van der Waals surface area (Å²) in [6.45, 7) is 1.20. The summed E-state index contributed by atoms with van der Waals surface area (Å²) in [5, 5.41) is 0. The third-order valence-electron chi connectivity index (χ3n) is 4.09. The third kappa shape index (κ3) is 4.86. The first-order valence-corrected chi connectivity index (χ1v) is 7.51. The number of rotatable bonds is 4. The van der Waals surface area contributed by atoms with Gasteiger partial charge in [-0.3, -0.25) is 4.79 Å². The van der Waals surface area contributed by atoms with Crippen molar-refractivity contribution >= 4 is 5.91 Å². The molecule has 0 saturated carbocycles. The van der Waals surface area contributed by atoms with Crippen molar-refractivity contribution in [3.63, 3.8) is 0 Å². The van der Waals surface area contributed by atoms with Crippen LogP contribution in [0, 0.1) is 0 Å². The van der Waals surface area contributed by atoms with Crippen molar-refractivity contribution in [2.75, 3.05) is 33.8 Å². The Morgan fingerprint density at radius 3 is 2.26 bits per heavy atom. The number of ether oxygens (including phenoxy) is 1. The predicted octanol–water partition coefficient (Wildman–Crippen LogP) is 2.64. The summed E-state index contributed by atoms with van der Waals surface area (Å²) in [4.78, 5) is 16.0. The molecule has 0 radical (unpaired) electrons. The third-order valence-corrected chi connectivity index (χ3v) is 4.09. The van der Waals surface area contributed by atoms with Crippen LogP contribution in [0.1, 0.15) is 18.4 Å². The first kappa shape index (κ1) is 17.6. The lowest BCUT2D eigenvalue weighted by atomic mass is 10.0. The Morgan fingerprint density at radius 1 is 1.22 bits per heavy atom. The normalized spacial score (nSPS) is 16.7. The van der Waals surface area contributed by atoms with Crippen LogP contribution in [-0.4, -0.2) is 55.5 Å². The molecule has 0 unspecified atom stereocenters. The average Bonchev–Trinajstić information content (AvgIpc) is 2.52. The molecular formula is C16H21F3N2O2. The van der Waals surface area contributed by atoms with Gasteiger partial charge in [-0.25, -0.2) is 0 Å². The van der Waals surface area contributed by atoms with Crippen LogP contribution in [0.5, 0.6) is 5.75 Å². The van der Waals surface area contributed by atoms with Gasteiger partial charge in [0.2, 0.25) is 0 Å². The number of likely N-dealkylation sites (tertiary alicyclic amines) is 1. The highest BCUT2D eigenvalue weighted by Gasteiger charge is 2.30. The Morgan fingerprint density at radius 2 is 1.78 bits per heavy atom. The number of amides is 1. The molecule has 0 spiro atoms. The molecule has 1 aliphatic heterocycles. The van der Waals surface area contributed by atoms with E-state index >= 15 is 0 Å². The summed E-state index contributed by atoms with van der Waals surface area (Å²) in [6, 6.07) is 4.84. The second-order valence-electron chi connectivity index (χ2n) is 5.89. The SMILES string of the molecule is CN(C)C1CCN(C(=O)COc2ccc(C(F)(F)F)cc2)CC1. The molecule has 128 valence electrons. The smallest absolute Gasteiger partial charge is 0.416 e. The molecular weight excluding hydrogens is 309 g/mol. The number of carbonyl (C=O) groups excluding carboxylic acids is 1. The molecule has 7 heteroatoms. The Balaban J connectivity index is 1.81. The number of carbonyl (C=O) groups is 1. The maximum atomic E-state index is 12.5. The molecule has 1 aromatic carbocycles. The van der Waals surface area contributed by atoms with Gasteiger partial charge >= 0.3 is 6.18 Å². The van der Waals surface area contributed by atoms with E-state index in [1.807, 2.05) is 14.1 Å². The minimum atomic E-state index is -4.37. The molecule has 4 nitrogen and oxygen atoms in total. The predicted molar refractivity (Wildman–Crippen MR) is 80.2 cm³/mol. The second kappa shape index (κ2) is 7.21. The fourth-order valence-corrected chi connectivity index (χ4v) is 2.61. The van der Waals surface area contributed by atoms with Gasteiger partial charge in [-0.2, -0.15) is 13.2 Å². The molecule has 1 heterocycles. The van der Waals surface area contributed by atoms with Gasteiger partial charge in [0.25, 0.3) is 5.91 Å². The van der Waals surface area contributed by atoms with Crippen LogP contribution in [-0.2, 0) is 11.0 Å². The van der Waals surface area contributed by atoms with Crippen LogP contribution < -0.4 is 4.74 Å². The number of piperidine rings is 1. The van der Waals surface area contributed by atoms with Crippen molar-refractivity contribution in [3.05, 3.63) is 29.8 Å². The van der Waals surface area contributed by atoms with Gasteiger partial charge in [-0.05, 0) is 51.2 Å². The number of hydrogen-bond acceptors (Lipinski definition) is 3. The number of nitrogens with zero attached hydrogens (tertiary/aromatic N) is 2. The summed E-state index contributed by atoms with van der Waals surface area (Å²) in [6.07, 6.45) is -2.54. The van der Waals surface area contributed by atoms with Crippen LogP contribution in [0.4, 0.5) is 13.2 Å². The standard InChI is InChI=1S/C16H21F3N2O2/c1-20(2)13-7-9-21(10-8-13)15(22)11-23-14-5-3-12(4-6-14)16(17,18)19/h3-6,13H,7-11H2,1-2H3. The van der Waals surface area contributed by atoms with Crippen LogP contribution in [0.25, 0.3) is 0 Å². The molecule has 1 fully saturated rings. The summed E-state index contributed by atoms with van der Waals surface area (Å²) >= 11 is 0. The van der Waals surface area contributed by atoms with E-state index in [0.717, 1.165) is 25.0 Å². The molecule has 1 aromatic rings. The fraction of sp³-hybridized carbons (Fsp3) is 0.562. The van der Waals surface area contributed by atoms with Gasteiger partial charge in [0.15, 0.2) is 6.61 Å². The minimum absolute atomic E-state index is 0.137. The average molecular weight is 330 g/mol. The minimum Gasteiger partial charge on any atom is -0.484 e. The van der Waals surface area contributed by atoms with Crippen molar-refractivity contribution < 1.29 is 22.7 Å². The van der Waals surface area contributed by atoms with E-state index in [-0.39, 0.29) is 18.3 Å². The van der Waals surface area contributed by atoms with Gasteiger partial charge in [0, 0.05) is 19.1 Å². The van der Waals surface area contributed by atoms with E-state index in [4.69, 9.17) is 4.74 Å². The van der Waals surface area contributed by atoms with Crippen molar-refractivity contribution in [3.8, 4) is 5.75 Å². The Labute approximate surface area is 133 Å². The number of hydrogen-bond donors (Lipinski definition) is 0. The lowest BCUT2D eigenvalue weighted by Crippen LogP contribution is -2.45. The Kier molecular flexibility index (Phi) is 5.51. The molecule has 1 amide bonds. The monoisotopic (exact) mass is 330 g/mol. The summed E-state index contributed by atoms with van der Waals surface area (Å²) in [7, 11) is 4.05. The largest absolute Gasteiger partial charge is 0.484 e. The molecule has 0 atom stereocenters. The molecule has 1 aliphatic rings. The van der Waals surface area contributed by atoms with Gasteiger partial charge < -0.3 is 14.5 Å². The number of benzene rings is 1. The van der Waals surface area contributed by atoms with Crippen molar-refractivity contribution in [2.24, 2.45) is 0 Å². The fourth-order valence-electron chi connectivity index (χ4n) is 2.61. The van der Waals surface area contributed by atoms with Gasteiger partial charge in [-0.15, -0.1) is 0 Å². The Hall–Kier alpha value is -1.76. The summed E-state index contributed by atoms with van der Waals surface area (Å²) < 4.78 is 42.7. The molecule has 0 aromatic heterocycles. The highest BCUT2D eigenvalue weighted by atomic mass is 19.4. The van der Waals surface area contributed by atoms with Crippen molar-refractivity contribution in [2.45, 2.75) is 25.1 Å². The molecule has 2 rings (SSSR count). The van der Waals surface area contributed by atoms with Crippen molar-refractivity contribution in [1.82, 2.24) is 9.80 Å². The lowest BCUT2D eigenvalue weighted by molar-refractivity contribution is -0.138. The zero-order valence-corrected chi connectivity index (χ0v) is 13.3. The van der Waals surface area contributed by atoms with E-state index in [1.54, 1.807) is 4.90 Å². The second-order valence-corrected chi connectivity index (χ2v) is 5.89. The van der Waals surface area contributed by atoms with Crippen LogP contribution >= 0.6 is 0 Å². The van der Waals surface area contributed by atoms with Crippen LogP contribution in [0.15, 0.2) is 24.3 Å². The molecule has 23 heavy (non-hydrogen) atoms. The van der Waals surface area contributed by atoms with Crippen LogP contribution in [0.3, 0.4) is 0 Å². The summed E-state index contributed by atoms with van der Waals surface area (Å²) in [5.74, 6) is 0.122. The lowest BCUT2D eigenvalue weighted by Gasteiger charge is -2.35. The van der Waals surface area contributed by atoms with E-state index in [0.29, 0.717) is 19.1 Å². The first-order chi connectivity index (χ1) is 10.8. The zero-order chi connectivity index (χ0) is 17.0. The van der Waals surface area contributed by atoms with E-state index < -0.39 is 11.7 Å². The van der Waals surface area contributed by atoms with Crippen molar-refractivity contribution in [1.29, 1.82) is 0 Å². The maximum absolute atomic E-state index is 12.5. The number of alkyl halides is 3. The topological polar surface area (TPSA) is 32.8 Å². The highest BCUT2D eigenvalue weighted by molar-refractivity contribution is 5.77. The molecule has 1 saturated heterocycles. The number of halogens is 3. The van der Waals surface area contributed by atoms with E-state index in [1.165, 1.54) is 12.1 Å². The van der Waals surface area contributed by atoms with Gasteiger partial charge in [0.05, 0.1) is 5.56 Å². The van der Waals surface area contributed by atoms with E-state index in [9.17, 15) is 18.0 Å². The highest BCUT2D eigenvalue weighted by Crippen LogP contribution is 2.30. The first-order valence-electron chi connectivity index (χ1n) is 7.51. The molecule has 0 bridgehead atoms. The zero-order valence-electron chi connectivity index (χ0n) is 13.3. The Bertz CT molecular complexity index is 521.